The SMILES string of the molecule is CCNC(=O)CCn1ccc(-c2cc3c(ccc4nnc(C)n43)n2Cc2ccccc2)n1. The summed E-state index contributed by atoms with van der Waals surface area (Å²) in [6.07, 6.45) is 2.33. The second-order valence-corrected chi connectivity index (χ2v) is 7.81. The highest BCUT2D eigenvalue weighted by Gasteiger charge is 2.17. The second kappa shape index (κ2) is 8.30. The summed E-state index contributed by atoms with van der Waals surface area (Å²) in [5.41, 5.74) is 6.06. The van der Waals surface area contributed by atoms with Crippen molar-refractivity contribution in [2.75, 3.05) is 6.54 Å². The van der Waals surface area contributed by atoms with Gasteiger partial charge in [0.05, 0.1) is 16.7 Å². The van der Waals surface area contributed by atoms with Crippen LogP contribution in [0.5, 0.6) is 0 Å². The Balaban J connectivity index is 1.58. The number of carbonyl (C=O) groups excluding carboxylic acids is 1. The van der Waals surface area contributed by atoms with Gasteiger partial charge in [-0.3, -0.25) is 13.9 Å². The topological polar surface area (TPSA) is 82.0 Å². The highest BCUT2D eigenvalue weighted by Crippen LogP contribution is 2.29. The average molecular weight is 428 g/mol. The van der Waals surface area contributed by atoms with E-state index < -0.39 is 0 Å². The quantitative estimate of drug-likeness (QED) is 0.431. The van der Waals surface area contributed by atoms with Gasteiger partial charge in [-0.15, -0.1) is 10.2 Å². The van der Waals surface area contributed by atoms with Gasteiger partial charge in [0.15, 0.2) is 5.65 Å². The molecule has 1 aromatic carbocycles. The molecule has 5 rings (SSSR count). The maximum absolute atomic E-state index is 11.8. The average Bonchev–Trinajstić information content (AvgIpc) is 3.51. The number of fused-ring (bicyclic) bond motifs is 3. The van der Waals surface area contributed by atoms with E-state index in [9.17, 15) is 4.79 Å². The zero-order valence-electron chi connectivity index (χ0n) is 18.2. The minimum Gasteiger partial charge on any atom is -0.356 e. The van der Waals surface area contributed by atoms with Crippen LogP contribution in [0.1, 0.15) is 24.7 Å². The van der Waals surface area contributed by atoms with E-state index in [1.807, 2.05) is 42.9 Å². The lowest BCUT2D eigenvalue weighted by atomic mass is 10.2. The summed E-state index contributed by atoms with van der Waals surface area (Å²) in [5, 5.41) is 16.1. The van der Waals surface area contributed by atoms with Gasteiger partial charge in [0.25, 0.3) is 0 Å². The fraction of sp³-hybridized carbons (Fsp3) is 0.250. The van der Waals surface area contributed by atoms with Crippen molar-refractivity contribution in [3.63, 3.8) is 0 Å². The number of benzene rings is 1. The summed E-state index contributed by atoms with van der Waals surface area (Å²) in [4.78, 5) is 11.8. The van der Waals surface area contributed by atoms with Gasteiger partial charge < -0.3 is 9.88 Å². The van der Waals surface area contributed by atoms with E-state index in [-0.39, 0.29) is 5.91 Å². The predicted molar refractivity (Wildman–Crippen MR) is 123 cm³/mol. The number of aromatic nitrogens is 6. The highest BCUT2D eigenvalue weighted by atomic mass is 16.1. The van der Waals surface area contributed by atoms with E-state index in [0.29, 0.717) is 19.5 Å². The molecule has 0 saturated heterocycles. The van der Waals surface area contributed by atoms with Crippen molar-refractivity contribution in [3.8, 4) is 11.4 Å². The van der Waals surface area contributed by atoms with E-state index in [1.165, 1.54) is 5.56 Å². The molecule has 1 amide bonds. The Hall–Kier alpha value is -3.94. The summed E-state index contributed by atoms with van der Waals surface area (Å²) in [5.74, 6) is 0.884. The molecule has 0 aliphatic carbocycles. The fourth-order valence-electron chi connectivity index (χ4n) is 4.11. The molecule has 162 valence electrons. The molecule has 0 aliphatic heterocycles. The molecular weight excluding hydrogens is 402 g/mol. The summed E-state index contributed by atoms with van der Waals surface area (Å²) in [6, 6.07) is 18.6. The van der Waals surface area contributed by atoms with E-state index >= 15 is 0 Å². The molecule has 4 aromatic heterocycles. The van der Waals surface area contributed by atoms with Crippen molar-refractivity contribution in [1.82, 2.24) is 34.3 Å². The number of hydrogen-bond donors (Lipinski definition) is 1. The maximum Gasteiger partial charge on any atom is 0.221 e. The molecular formula is C24H25N7O. The van der Waals surface area contributed by atoms with Crippen molar-refractivity contribution in [3.05, 3.63) is 72.2 Å². The molecule has 0 unspecified atom stereocenters. The number of nitrogens with one attached hydrogen (secondary N) is 1. The minimum absolute atomic E-state index is 0.0354. The molecule has 0 aliphatic rings. The molecule has 4 heterocycles. The van der Waals surface area contributed by atoms with Crippen LogP contribution in [-0.4, -0.2) is 41.4 Å². The molecule has 0 saturated carbocycles. The van der Waals surface area contributed by atoms with Crippen LogP contribution >= 0.6 is 0 Å². The Kier molecular flexibility index (Phi) is 5.18. The lowest BCUT2D eigenvalue weighted by Crippen LogP contribution is -2.23. The molecule has 0 bridgehead atoms. The normalized spacial score (nSPS) is 11.4. The summed E-state index contributed by atoms with van der Waals surface area (Å²) < 4.78 is 6.18. The third kappa shape index (κ3) is 3.64. The smallest absolute Gasteiger partial charge is 0.221 e. The van der Waals surface area contributed by atoms with Crippen LogP contribution in [0.2, 0.25) is 0 Å². The first-order chi connectivity index (χ1) is 15.6. The number of pyridine rings is 1. The molecule has 5 aromatic rings. The van der Waals surface area contributed by atoms with Crippen LogP contribution in [0.4, 0.5) is 0 Å². The van der Waals surface area contributed by atoms with Crippen LogP contribution in [0.25, 0.3) is 28.1 Å². The predicted octanol–water partition coefficient (Wildman–Crippen LogP) is 3.43. The van der Waals surface area contributed by atoms with Gasteiger partial charge in [-0.2, -0.15) is 5.10 Å². The van der Waals surface area contributed by atoms with Gasteiger partial charge in [0.1, 0.15) is 11.5 Å². The summed E-state index contributed by atoms with van der Waals surface area (Å²) >= 11 is 0. The largest absolute Gasteiger partial charge is 0.356 e. The molecule has 1 N–H and O–H groups in total. The van der Waals surface area contributed by atoms with E-state index in [1.54, 1.807) is 0 Å². The molecule has 32 heavy (non-hydrogen) atoms. The summed E-state index contributed by atoms with van der Waals surface area (Å²) in [7, 11) is 0. The highest BCUT2D eigenvalue weighted by molar-refractivity contribution is 5.86. The van der Waals surface area contributed by atoms with Crippen LogP contribution in [0, 0.1) is 6.92 Å². The molecule has 0 fully saturated rings. The molecule has 8 nitrogen and oxygen atoms in total. The molecule has 0 spiro atoms. The fourth-order valence-corrected chi connectivity index (χ4v) is 4.11. The Bertz CT molecular complexity index is 1390. The number of carbonyl (C=O) groups is 1. The van der Waals surface area contributed by atoms with Gasteiger partial charge in [-0.1, -0.05) is 30.3 Å². The second-order valence-electron chi connectivity index (χ2n) is 7.81. The Morgan fingerprint density at radius 1 is 1.03 bits per heavy atom. The van der Waals surface area contributed by atoms with Crippen LogP contribution in [0.3, 0.4) is 0 Å². The number of hydrogen-bond acceptors (Lipinski definition) is 4. The molecule has 0 radical (unpaired) electrons. The molecule has 0 atom stereocenters. The number of nitrogens with zero attached hydrogens (tertiary/aromatic N) is 6. The first-order valence-electron chi connectivity index (χ1n) is 10.8. The van der Waals surface area contributed by atoms with Gasteiger partial charge in [-0.05, 0) is 43.7 Å². The number of rotatable bonds is 7. The van der Waals surface area contributed by atoms with Crippen molar-refractivity contribution in [1.29, 1.82) is 0 Å². The van der Waals surface area contributed by atoms with Crippen molar-refractivity contribution < 1.29 is 4.79 Å². The van der Waals surface area contributed by atoms with Crippen molar-refractivity contribution in [2.24, 2.45) is 0 Å². The first-order valence-corrected chi connectivity index (χ1v) is 10.8. The van der Waals surface area contributed by atoms with Crippen molar-refractivity contribution in [2.45, 2.75) is 33.4 Å². The lowest BCUT2D eigenvalue weighted by Gasteiger charge is -2.10. The van der Waals surface area contributed by atoms with Crippen LogP contribution in [-0.2, 0) is 17.9 Å². The zero-order valence-corrected chi connectivity index (χ0v) is 18.2. The monoisotopic (exact) mass is 427 g/mol. The third-order valence-corrected chi connectivity index (χ3v) is 5.63. The minimum atomic E-state index is 0.0354. The lowest BCUT2D eigenvalue weighted by molar-refractivity contribution is -0.121. The maximum atomic E-state index is 11.8. The van der Waals surface area contributed by atoms with Gasteiger partial charge in [0.2, 0.25) is 5.91 Å². The zero-order chi connectivity index (χ0) is 22.1. The Labute approximate surface area is 185 Å². The van der Waals surface area contributed by atoms with Gasteiger partial charge in [0, 0.05) is 32.3 Å². The number of aryl methyl sites for hydroxylation is 2. The number of amides is 1. The summed E-state index contributed by atoms with van der Waals surface area (Å²) in [6.45, 7) is 5.78. The Morgan fingerprint density at radius 2 is 1.88 bits per heavy atom. The van der Waals surface area contributed by atoms with Crippen LogP contribution < -0.4 is 5.32 Å². The van der Waals surface area contributed by atoms with Gasteiger partial charge >= 0.3 is 0 Å². The van der Waals surface area contributed by atoms with E-state index in [0.717, 1.165) is 40.4 Å². The first kappa shape index (κ1) is 20.0. The third-order valence-electron chi connectivity index (χ3n) is 5.63. The van der Waals surface area contributed by atoms with E-state index in [4.69, 9.17) is 5.10 Å². The molecule has 8 heteroatoms. The Morgan fingerprint density at radius 3 is 2.69 bits per heavy atom. The van der Waals surface area contributed by atoms with Gasteiger partial charge in [-0.25, -0.2) is 0 Å². The standard InChI is InChI=1S/C24H25N7O/c1-3-25-24(32)12-14-29-13-11-19(28-29)21-15-22-20(9-10-23-27-26-17(2)31(22)23)30(21)16-18-7-5-4-6-8-18/h4-11,13,15H,3,12,14,16H2,1-2H3,(H,25,32). The van der Waals surface area contributed by atoms with E-state index in [2.05, 4.69) is 60.9 Å². The van der Waals surface area contributed by atoms with Crippen molar-refractivity contribution >= 4 is 22.6 Å². The van der Waals surface area contributed by atoms with Crippen LogP contribution in [0.15, 0.2) is 60.8 Å².